The molecule has 3 heterocycles. The number of hydrogen-bond acceptors (Lipinski definition) is 4. The van der Waals surface area contributed by atoms with Crippen molar-refractivity contribution < 1.29 is 9.21 Å². The third kappa shape index (κ3) is 2.73. The maximum absolute atomic E-state index is 12.7. The first-order valence-electron chi connectivity index (χ1n) is 7.69. The Morgan fingerprint density at radius 2 is 2.00 bits per heavy atom. The van der Waals surface area contributed by atoms with E-state index in [4.69, 9.17) is 4.42 Å². The lowest BCUT2D eigenvalue weighted by atomic mass is 10.1. The summed E-state index contributed by atoms with van der Waals surface area (Å²) < 4.78 is 8.50. The molecular weight excluding hydrogens is 306 g/mol. The van der Waals surface area contributed by atoms with E-state index in [1.807, 2.05) is 37.7 Å². The Bertz CT molecular complexity index is 873. The van der Waals surface area contributed by atoms with Gasteiger partial charge in [0.15, 0.2) is 0 Å². The summed E-state index contributed by atoms with van der Waals surface area (Å²) in [5.41, 5.74) is 5.16. The molecule has 0 saturated heterocycles. The van der Waals surface area contributed by atoms with Gasteiger partial charge in [-0.1, -0.05) is 0 Å². The molecule has 3 aromatic heterocycles. The van der Waals surface area contributed by atoms with Gasteiger partial charge < -0.3 is 9.32 Å². The Kier molecular flexibility index (Phi) is 4.01. The molecule has 0 aliphatic rings. The second-order valence-corrected chi connectivity index (χ2v) is 6.00. The van der Waals surface area contributed by atoms with Gasteiger partial charge in [-0.3, -0.25) is 14.2 Å². The summed E-state index contributed by atoms with van der Waals surface area (Å²) in [6.07, 6.45) is 3.24. The smallest absolute Gasteiger partial charge is 0.272 e. The Hall–Kier alpha value is -2.83. The Labute approximate surface area is 140 Å². The summed E-state index contributed by atoms with van der Waals surface area (Å²) in [6, 6.07) is 3.67. The molecule has 1 amide bonds. The highest BCUT2D eigenvalue weighted by Crippen LogP contribution is 2.26. The van der Waals surface area contributed by atoms with E-state index in [1.165, 1.54) is 0 Å². The molecule has 0 N–H and O–H groups in total. The minimum atomic E-state index is -0.0864. The van der Waals surface area contributed by atoms with Crippen LogP contribution in [-0.4, -0.2) is 37.4 Å². The van der Waals surface area contributed by atoms with E-state index in [-0.39, 0.29) is 5.91 Å². The van der Waals surface area contributed by atoms with Crippen LogP contribution in [-0.2, 0) is 20.6 Å². The lowest BCUT2D eigenvalue weighted by Gasteiger charge is -2.15. The number of aryl methyl sites for hydroxylation is 3. The lowest BCUT2D eigenvalue weighted by molar-refractivity contribution is 0.0774. The van der Waals surface area contributed by atoms with Gasteiger partial charge >= 0.3 is 0 Å². The average molecular weight is 327 g/mol. The van der Waals surface area contributed by atoms with Crippen LogP contribution in [0.4, 0.5) is 0 Å². The fourth-order valence-corrected chi connectivity index (χ4v) is 2.86. The molecule has 0 unspecified atom stereocenters. The van der Waals surface area contributed by atoms with Crippen LogP contribution in [0, 0.1) is 13.8 Å². The molecule has 0 radical (unpaired) electrons. The molecule has 3 aromatic rings. The quantitative estimate of drug-likeness (QED) is 0.737. The highest BCUT2D eigenvalue weighted by Gasteiger charge is 2.21. The van der Waals surface area contributed by atoms with E-state index in [1.54, 1.807) is 36.2 Å². The molecule has 7 heteroatoms. The molecule has 24 heavy (non-hydrogen) atoms. The lowest BCUT2D eigenvalue weighted by Crippen LogP contribution is -2.27. The van der Waals surface area contributed by atoms with Crippen LogP contribution in [0.1, 0.15) is 27.4 Å². The topological polar surface area (TPSA) is 69.1 Å². The summed E-state index contributed by atoms with van der Waals surface area (Å²) in [4.78, 5) is 14.4. The van der Waals surface area contributed by atoms with E-state index in [2.05, 4.69) is 10.2 Å². The van der Waals surface area contributed by atoms with Gasteiger partial charge in [-0.25, -0.2) is 0 Å². The van der Waals surface area contributed by atoms with Gasteiger partial charge in [0.25, 0.3) is 5.91 Å². The molecule has 0 aliphatic heterocycles. The van der Waals surface area contributed by atoms with E-state index in [9.17, 15) is 4.79 Å². The van der Waals surface area contributed by atoms with Crippen LogP contribution < -0.4 is 0 Å². The zero-order chi connectivity index (χ0) is 17.4. The average Bonchev–Trinajstić information content (AvgIpc) is 3.21. The molecule has 0 spiro atoms. The van der Waals surface area contributed by atoms with E-state index in [0.717, 1.165) is 28.2 Å². The van der Waals surface area contributed by atoms with Crippen LogP contribution in [0.25, 0.3) is 11.3 Å². The standard InChI is InChI=1S/C17H21N5O2/c1-11-16(12(2)21(4)18-11)14-8-15(22(5)19-14)17(23)20(3)9-13-6-7-24-10-13/h6-8,10H,9H2,1-5H3. The SMILES string of the molecule is Cc1nn(C)c(C)c1-c1cc(C(=O)N(C)Cc2ccoc2)n(C)n1. The van der Waals surface area contributed by atoms with Crippen LogP contribution in [0.3, 0.4) is 0 Å². The number of amides is 1. The van der Waals surface area contributed by atoms with Crippen LogP contribution in [0.2, 0.25) is 0 Å². The first-order chi connectivity index (χ1) is 11.4. The van der Waals surface area contributed by atoms with Crippen molar-refractivity contribution in [2.75, 3.05) is 7.05 Å². The van der Waals surface area contributed by atoms with Crippen LogP contribution in [0.5, 0.6) is 0 Å². The number of hydrogen-bond donors (Lipinski definition) is 0. The molecule has 3 rings (SSSR count). The molecule has 0 bridgehead atoms. The van der Waals surface area contributed by atoms with Crippen molar-refractivity contribution >= 4 is 5.91 Å². The van der Waals surface area contributed by atoms with E-state index >= 15 is 0 Å². The van der Waals surface area contributed by atoms with Crippen molar-refractivity contribution in [3.05, 3.63) is 47.3 Å². The minimum absolute atomic E-state index is 0.0864. The number of aromatic nitrogens is 4. The number of carbonyl (C=O) groups excluding carboxylic acids is 1. The Balaban J connectivity index is 1.90. The van der Waals surface area contributed by atoms with Crippen molar-refractivity contribution in [2.24, 2.45) is 14.1 Å². The second-order valence-electron chi connectivity index (χ2n) is 6.00. The fourth-order valence-electron chi connectivity index (χ4n) is 2.86. The fraction of sp³-hybridized carbons (Fsp3) is 0.353. The summed E-state index contributed by atoms with van der Waals surface area (Å²) in [7, 11) is 5.45. The molecule has 0 fully saturated rings. The zero-order valence-corrected chi connectivity index (χ0v) is 14.6. The first-order valence-corrected chi connectivity index (χ1v) is 7.69. The van der Waals surface area contributed by atoms with Crippen molar-refractivity contribution in [2.45, 2.75) is 20.4 Å². The number of carbonyl (C=O) groups is 1. The highest BCUT2D eigenvalue weighted by atomic mass is 16.3. The largest absolute Gasteiger partial charge is 0.472 e. The van der Waals surface area contributed by atoms with Gasteiger partial charge in [-0.15, -0.1) is 0 Å². The molecule has 0 saturated carbocycles. The van der Waals surface area contributed by atoms with Gasteiger partial charge in [0, 0.05) is 44.5 Å². The Morgan fingerprint density at radius 3 is 2.58 bits per heavy atom. The summed E-state index contributed by atoms with van der Waals surface area (Å²) in [6.45, 7) is 4.43. The molecule has 126 valence electrons. The second kappa shape index (κ2) is 5.99. The number of nitrogens with zero attached hydrogens (tertiary/aromatic N) is 5. The summed E-state index contributed by atoms with van der Waals surface area (Å²) in [5.74, 6) is -0.0864. The monoisotopic (exact) mass is 327 g/mol. The highest BCUT2D eigenvalue weighted by molar-refractivity contribution is 5.93. The predicted octanol–water partition coefficient (Wildman–Crippen LogP) is 2.30. The Morgan fingerprint density at radius 1 is 1.25 bits per heavy atom. The third-order valence-electron chi connectivity index (χ3n) is 4.21. The normalized spacial score (nSPS) is 11.0. The van der Waals surface area contributed by atoms with Gasteiger partial charge in [0.1, 0.15) is 5.69 Å². The van der Waals surface area contributed by atoms with Gasteiger partial charge in [-0.2, -0.15) is 10.2 Å². The number of rotatable bonds is 4. The molecular formula is C17H21N5O2. The maximum atomic E-state index is 12.7. The van der Waals surface area contributed by atoms with Gasteiger partial charge in [0.2, 0.25) is 0 Å². The molecule has 0 aliphatic carbocycles. The molecule has 7 nitrogen and oxygen atoms in total. The van der Waals surface area contributed by atoms with Crippen molar-refractivity contribution in [3.63, 3.8) is 0 Å². The van der Waals surface area contributed by atoms with Crippen LogP contribution in [0.15, 0.2) is 29.1 Å². The van der Waals surface area contributed by atoms with Crippen molar-refractivity contribution in [1.82, 2.24) is 24.5 Å². The maximum Gasteiger partial charge on any atom is 0.272 e. The molecule has 0 aromatic carbocycles. The van der Waals surface area contributed by atoms with Crippen molar-refractivity contribution in [3.8, 4) is 11.3 Å². The minimum Gasteiger partial charge on any atom is -0.472 e. The molecule has 0 atom stereocenters. The first kappa shape index (κ1) is 16.0. The summed E-state index contributed by atoms with van der Waals surface area (Å²) in [5, 5.41) is 8.93. The number of furan rings is 1. The van der Waals surface area contributed by atoms with Gasteiger partial charge in [0.05, 0.1) is 23.9 Å². The van der Waals surface area contributed by atoms with Crippen molar-refractivity contribution in [1.29, 1.82) is 0 Å². The van der Waals surface area contributed by atoms with Crippen LogP contribution >= 0.6 is 0 Å². The van der Waals surface area contributed by atoms with E-state index in [0.29, 0.717) is 12.2 Å². The summed E-state index contributed by atoms with van der Waals surface area (Å²) >= 11 is 0. The third-order valence-corrected chi connectivity index (χ3v) is 4.21. The van der Waals surface area contributed by atoms with E-state index < -0.39 is 0 Å². The predicted molar refractivity (Wildman–Crippen MR) is 89.4 cm³/mol. The van der Waals surface area contributed by atoms with Gasteiger partial charge in [-0.05, 0) is 26.0 Å². The zero-order valence-electron chi connectivity index (χ0n) is 14.6.